The number of amides is 1. The average Bonchev–Trinajstić information content (AvgIpc) is 3.11. The summed E-state index contributed by atoms with van der Waals surface area (Å²) in [6.45, 7) is 0.340. The van der Waals surface area contributed by atoms with Gasteiger partial charge in [-0.3, -0.25) is 4.79 Å². The number of carbonyl (C=O) groups is 1. The van der Waals surface area contributed by atoms with E-state index in [-0.39, 0.29) is 5.91 Å². The molecule has 0 fully saturated rings. The zero-order valence-corrected chi connectivity index (χ0v) is 12.4. The SMILES string of the molecule is O=C(CCOc1ccccc1)Nc1ccc(-n2cncn2)cc1. The van der Waals surface area contributed by atoms with Crippen molar-refractivity contribution >= 4 is 11.6 Å². The Balaban J connectivity index is 1.48. The molecule has 0 spiro atoms. The Kier molecular flexibility index (Phi) is 4.63. The van der Waals surface area contributed by atoms with Crippen molar-refractivity contribution in [3.63, 3.8) is 0 Å². The van der Waals surface area contributed by atoms with Crippen LogP contribution in [0.4, 0.5) is 5.69 Å². The quantitative estimate of drug-likeness (QED) is 0.760. The molecule has 0 aliphatic heterocycles. The van der Waals surface area contributed by atoms with E-state index in [0.29, 0.717) is 13.0 Å². The average molecular weight is 308 g/mol. The van der Waals surface area contributed by atoms with Gasteiger partial charge in [0.2, 0.25) is 5.91 Å². The molecule has 0 unspecified atom stereocenters. The predicted molar refractivity (Wildman–Crippen MR) is 86.5 cm³/mol. The molecule has 0 aliphatic rings. The molecule has 3 rings (SSSR count). The van der Waals surface area contributed by atoms with E-state index >= 15 is 0 Å². The summed E-state index contributed by atoms with van der Waals surface area (Å²) in [7, 11) is 0. The van der Waals surface area contributed by atoms with Gasteiger partial charge >= 0.3 is 0 Å². The highest BCUT2D eigenvalue weighted by molar-refractivity contribution is 5.90. The zero-order valence-electron chi connectivity index (χ0n) is 12.4. The number of nitrogens with one attached hydrogen (secondary N) is 1. The highest BCUT2D eigenvalue weighted by Crippen LogP contribution is 2.13. The van der Waals surface area contributed by atoms with Crippen LogP contribution in [-0.4, -0.2) is 27.3 Å². The van der Waals surface area contributed by atoms with Gasteiger partial charge in [0.25, 0.3) is 0 Å². The van der Waals surface area contributed by atoms with E-state index in [2.05, 4.69) is 15.4 Å². The summed E-state index contributed by atoms with van der Waals surface area (Å²) in [5.41, 5.74) is 1.62. The number of hydrogen-bond acceptors (Lipinski definition) is 4. The lowest BCUT2D eigenvalue weighted by molar-refractivity contribution is -0.116. The second-order valence-corrected chi connectivity index (χ2v) is 4.85. The smallest absolute Gasteiger partial charge is 0.227 e. The van der Waals surface area contributed by atoms with Crippen LogP contribution in [0.15, 0.2) is 67.3 Å². The topological polar surface area (TPSA) is 69.0 Å². The summed E-state index contributed by atoms with van der Waals surface area (Å²) in [6.07, 6.45) is 3.39. The van der Waals surface area contributed by atoms with Crippen molar-refractivity contribution in [1.29, 1.82) is 0 Å². The number of nitrogens with zero attached hydrogens (tertiary/aromatic N) is 3. The van der Waals surface area contributed by atoms with Crippen molar-refractivity contribution in [3.8, 4) is 11.4 Å². The van der Waals surface area contributed by atoms with Crippen LogP contribution >= 0.6 is 0 Å². The Hall–Kier alpha value is -3.15. The molecule has 2 aromatic carbocycles. The molecule has 116 valence electrons. The molecule has 1 aromatic heterocycles. The van der Waals surface area contributed by atoms with E-state index in [9.17, 15) is 4.79 Å². The van der Waals surface area contributed by atoms with Gasteiger partial charge in [-0.2, -0.15) is 5.10 Å². The van der Waals surface area contributed by atoms with Crippen molar-refractivity contribution in [2.24, 2.45) is 0 Å². The fourth-order valence-electron chi connectivity index (χ4n) is 2.04. The van der Waals surface area contributed by atoms with E-state index in [0.717, 1.165) is 17.1 Å². The van der Waals surface area contributed by atoms with Gasteiger partial charge < -0.3 is 10.1 Å². The van der Waals surface area contributed by atoms with Gasteiger partial charge in [0, 0.05) is 5.69 Å². The first-order valence-corrected chi connectivity index (χ1v) is 7.24. The van der Waals surface area contributed by atoms with E-state index in [4.69, 9.17) is 4.74 Å². The first kappa shape index (κ1) is 14.8. The fourth-order valence-corrected chi connectivity index (χ4v) is 2.04. The van der Waals surface area contributed by atoms with Crippen molar-refractivity contribution in [3.05, 3.63) is 67.3 Å². The van der Waals surface area contributed by atoms with E-state index in [1.54, 1.807) is 11.0 Å². The number of ether oxygens (including phenoxy) is 1. The van der Waals surface area contributed by atoms with Gasteiger partial charge in [-0.1, -0.05) is 18.2 Å². The second-order valence-electron chi connectivity index (χ2n) is 4.85. The molecule has 0 atom stereocenters. The third-order valence-electron chi connectivity index (χ3n) is 3.18. The number of rotatable bonds is 6. The molecule has 1 heterocycles. The number of hydrogen-bond donors (Lipinski definition) is 1. The Labute approximate surface area is 133 Å². The number of aromatic nitrogens is 3. The van der Waals surface area contributed by atoms with Gasteiger partial charge in [-0.05, 0) is 36.4 Å². The summed E-state index contributed by atoms with van der Waals surface area (Å²) in [6, 6.07) is 16.8. The number of anilines is 1. The summed E-state index contributed by atoms with van der Waals surface area (Å²) < 4.78 is 7.16. The van der Waals surface area contributed by atoms with Crippen LogP contribution in [0.25, 0.3) is 5.69 Å². The van der Waals surface area contributed by atoms with E-state index < -0.39 is 0 Å². The summed E-state index contributed by atoms with van der Waals surface area (Å²) >= 11 is 0. The van der Waals surface area contributed by atoms with Crippen LogP contribution in [0.2, 0.25) is 0 Å². The summed E-state index contributed by atoms with van der Waals surface area (Å²) in [5, 5.41) is 6.88. The molecule has 0 aliphatic carbocycles. The molecule has 3 aromatic rings. The number of para-hydroxylation sites is 1. The van der Waals surface area contributed by atoms with Crippen molar-refractivity contribution < 1.29 is 9.53 Å². The molecule has 0 saturated heterocycles. The molecular weight excluding hydrogens is 292 g/mol. The van der Waals surface area contributed by atoms with E-state index in [1.807, 2.05) is 54.6 Å². The molecular formula is C17H16N4O2. The maximum Gasteiger partial charge on any atom is 0.227 e. The fraction of sp³-hybridized carbons (Fsp3) is 0.118. The predicted octanol–water partition coefficient (Wildman–Crippen LogP) is 2.67. The van der Waals surface area contributed by atoms with Gasteiger partial charge in [-0.25, -0.2) is 9.67 Å². The number of benzene rings is 2. The van der Waals surface area contributed by atoms with Crippen LogP contribution in [0.1, 0.15) is 6.42 Å². The Morgan fingerprint density at radius 1 is 1.09 bits per heavy atom. The third kappa shape index (κ3) is 4.16. The van der Waals surface area contributed by atoms with Crippen molar-refractivity contribution in [1.82, 2.24) is 14.8 Å². The van der Waals surface area contributed by atoms with E-state index in [1.165, 1.54) is 6.33 Å². The van der Waals surface area contributed by atoms with Gasteiger partial charge in [0.05, 0.1) is 18.7 Å². The lowest BCUT2D eigenvalue weighted by atomic mass is 10.2. The first-order valence-electron chi connectivity index (χ1n) is 7.24. The molecule has 0 bridgehead atoms. The minimum atomic E-state index is -0.0885. The van der Waals surface area contributed by atoms with Crippen molar-refractivity contribution in [2.75, 3.05) is 11.9 Å². The lowest BCUT2D eigenvalue weighted by Crippen LogP contribution is -2.15. The molecule has 6 heteroatoms. The molecule has 1 N–H and O–H groups in total. The van der Waals surface area contributed by atoms with Crippen LogP contribution in [0, 0.1) is 0 Å². The Morgan fingerprint density at radius 2 is 1.87 bits per heavy atom. The van der Waals surface area contributed by atoms with Gasteiger partial charge in [-0.15, -0.1) is 0 Å². The zero-order chi connectivity index (χ0) is 15.9. The highest BCUT2D eigenvalue weighted by Gasteiger charge is 2.04. The summed E-state index contributed by atoms with van der Waals surface area (Å²) in [5.74, 6) is 0.673. The minimum absolute atomic E-state index is 0.0885. The first-order chi connectivity index (χ1) is 11.3. The molecule has 6 nitrogen and oxygen atoms in total. The molecule has 0 saturated carbocycles. The number of carbonyl (C=O) groups excluding carboxylic acids is 1. The Bertz CT molecular complexity index is 740. The van der Waals surface area contributed by atoms with Crippen molar-refractivity contribution in [2.45, 2.75) is 6.42 Å². The molecule has 1 amide bonds. The van der Waals surface area contributed by atoms with Crippen LogP contribution in [-0.2, 0) is 4.79 Å². The minimum Gasteiger partial charge on any atom is -0.493 e. The Morgan fingerprint density at radius 3 is 2.57 bits per heavy atom. The molecule has 23 heavy (non-hydrogen) atoms. The normalized spacial score (nSPS) is 10.3. The van der Waals surface area contributed by atoms with Gasteiger partial charge in [0.15, 0.2) is 0 Å². The third-order valence-corrected chi connectivity index (χ3v) is 3.18. The standard InChI is InChI=1S/C17H16N4O2/c22-17(10-11-23-16-4-2-1-3-5-16)20-14-6-8-15(9-7-14)21-13-18-12-19-21/h1-9,12-13H,10-11H2,(H,20,22). The van der Waals surface area contributed by atoms with Crippen LogP contribution < -0.4 is 10.1 Å². The maximum absolute atomic E-state index is 11.9. The second kappa shape index (κ2) is 7.22. The maximum atomic E-state index is 11.9. The lowest BCUT2D eigenvalue weighted by Gasteiger charge is -2.08. The van der Waals surface area contributed by atoms with Crippen LogP contribution in [0.3, 0.4) is 0 Å². The summed E-state index contributed by atoms with van der Waals surface area (Å²) in [4.78, 5) is 15.8. The molecule has 0 radical (unpaired) electrons. The largest absolute Gasteiger partial charge is 0.493 e. The monoisotopic (exact) mass is 308 g/mol. The van der Waals surface area contributed by atoms with Crippen LogP contribution in [0.5, 0.6) is 5.75 Å². The van der Waals surface area contributed by atoms with Gasteiger partial charge in [0.1, 0.15) is 18.4 Å². The highest BCUT2D eigenvalue weighted by atomic mass is 16.5.